The van der Waals surface area contributed by atoms with Crippen LogP contribution in [0.5, 0.6) is 11.5 Å². The van der Waals surface area contributed by atoms with Crippen LogP contribution in [0, 0.1) is 10.1 Å². The van der Waals surface area contributed by atoms with Crippen LogP contribution in [-0.2, 0) is 9.67 Å². The van der Waals surface area contributed by atoms with Crippen molar-refractivity contribution in [2.45, 2.75) is 11.8 Å². The summed E-state index contributed by atoms with van der Waals surface area (Å²) in [6.45, 7) is 1.92. The van der Waals surface area contributed by atoms with E-state index in [1.165, 1.54) is 23.9 Å². The highest BCUT2D eigenvalue weighted by atomic mass is 32.2. The molecule has 32 heavy (non-hydrogen) atoms. The quantitative estimate of drug-likeness (QED) is 0.323. The number of nitrogens with zero attached hydrogens (tertiary/aromatic N) is 2. The fourth-order valence-corrected chi connectivity index (χ4v) is 4.95. The molecule has 1 fully saturated rings. The third-order valence-electron chi connectivity index (χ3n) is 5.32. The number of nitro groups is 1. The lowest BCUT2D eigenvalue weighted by Crippen LogP contribution is -2.39. The molecule has 3 aromatic rings. The Hall–Kier alpha value is -3.78. The van der Waals surface area contributed by atoms with Gasteiger partial charge in [0, 0.05) is 23.4 Å². The standard InChI is InChI=1S/C24H20N2O5S/c1-24(17-7-13-20(31-2)14-8-17)25(18-9-11-19(12-10-18)26(29)30)23(28)22(32-24)15-16-5-3-4-6-21(16)27/h3-15,27H,1-2H3. The van der Waals surface area contributed by atoms with Crippen LogP contribution in [0.25, 0.3) is 6.08 Å². The molecule has 7 nitrogen and oxygen atoms in total. The van der Waals surface area contributed by atoms with Gasteiger partial charge in [0.25, 0.3) is 11.6 Å². The van der Waals surface area contributed by atoms with E-state index >= 15 is 0 Å². The van der Waals surface area contributed by atoms with Crippen molar-refractivity contribution in [1.82, 2.24) is 0 Å². The molecule has 1 saturated heterocycles. The van der Waals surface area contributed by atoms with Crippen LogP contribution in [0.4, 0.5) is 11.4 Å². The number of amides is 1. The molecule has 162 valence electrons. The monoisotopic (exact) mass is 448 g/mol. The largest absolute Gasteiger partial charge is 0.507 e. The topological polar surface area (TPSA) is 92.9 Å². The number of carbonyl (C=O) groups excluding carboxylic acids is 1. The van der Waals surface area contributed by atoms with Gasteiger partial charge in [-0.2, -0.15) is 0 Å². The lowest BCUT2D eigenvalue weighted by Gasteiger charge is -2.34. The third kappa shape index (κ3) is 3.80. The highest BCUT2D eigenvalue weighted by Gasteiger charge is 2.48. The average Bonchev–Trinajstić information content (AvgIpc) is 3.06. The Morgan fingerprint density at radius 2 is 1.72 bits per heavy atom. The van der Waals surface area contributed by atoms with Crippen molar-refractivity contribution in [2.24, 2.45) is 0 Å². The number of ether oxygens (including phenoxy) is 1. The van der Waals surface area contributed by atoms with E-state index in [4.69, 9.17) is 4.74 Å². The van der Waals surface area contributed by atoms with E-state index < -0.39 is 9.79 Å². The molecule has 4 rings (SSSR count). The average molecular weight is 449 g/mol. The summed E-state index contributed by atoms with van der Waals surface area (Å²) in [6.07, 6.45) is 1.66. The first-order valence-electron chi connectivity index (χ1n) is 9.76. The van der Waals surface area contributed by atoms with E-state index in [9.17, 15) is 20.0 Å². The van der Waals surface area contributed by atoms with Gasteiger partial charge in [-0.05, 0) is 48.9 Å². The fraction of sp³-hybridized carbons (Fsp3) is 0.125. The van der Waals surface area contributed by atoms with Gasteiger partial charge < -0.3 is 9.84 Å². The smallest absolute Gasteiger partial charge is 0.269 e. The van der Waals surface area contributed by atoms with Crippen LogP contribution in [-0.4, -0.2) is 23.0 Å². The molecule has 0 aliphatic carbocycles. The van der Waals surface area contributed by atoms with Crippen molar-refractivity contribution in [1.29, 1.82) is 0 Å². The number of carbonyl (C=O) groups is 1. The molecule has 1 heterocycles. The second-order valence-electron chi connectivity index (χ2n) is 7.29. The Balaban J connectivity index is 1.83. The molecular formula is C24H20N2O5S. The van der Waals surface area contributed by atoms with E-state index in [1.807, 2.05) is 31.2 Å². The molecule has 0 radical (unpaired) electrons. The zero-order chi connectivity index (χ0) is 22.9. The molecule has 1 amide bonds. The number of thioether (sulfide) groups is 1. The van der Waals surface area contributed by atoms with Crippen molar-refractivity contribution >= 4 is 35.1 Å². The first-order valence-corrected chi connectivity index (χ1v) is 10.6. The Morgan fingerprint density at radius 1 is 1.06 bits per heavy atom. The Labute approximate surface area is 189 Å². The zero-order valence-corrected chi connectivity index (χ0v) is 18.2. The van der Waals surface area contributed by atoms with Crippen molar-refractivity contribution in [3.05, 3.63) is 98.9 Å². The highest BCUT2D eigenvalue weighted by molar-refractivity contribution is 8.05. The lowest BCUT2D eigenvalue weighted by atomic mass is 10.0. The molecule has 0 spiro atoms. The van der Waals surface area contributed by atoms with E-state index in [0.29, 0.717) is 21.9 Å². The molecule has 0 bridgehead atoms. The number of aromatic hydroxyl groups is 1. The molecule has 0 saturated carbocycles. The van der Waals surface area contributed by atoms with Crippen molar-refractivity contribution < 1.29 is 19.6 Å². The second kappa shape index (κ2) is 8.39. The molecular weight excluding hydrogens is 428 g/mol. The van der Waals surface area contributed by atoms with Gasteiger partial charge in [0.2, 0.25) is 0 Å². The summed E-state index contributed by atoms with van der Waals surface area (Å²) >= 11 is 1.36. The molecule has 8 heteroatoms. The van der Waals surface area contributed by atoms with Gasteiger partial charge in [-0.3, -0.25) is 19.8 Å². The minimum absolute atomic E-state index is 0.0517. The predicted octanol–water partition coefficient (Wildman–Crippen LogP) is 5.30. The van der Waals surface area contributed by atoms with Crippen LogP contribution in [0.1, 0.15) is 18.1 Å². The predicted molar refractivity (Wildman–Crippen MR) is 125 cm³/mol. The number of non-ortho nitro benzene ring substituents is 1. The Kier molecular flexibility index (Phi) is 5.63. The van der Waals surface area contributed by atoms with Crippen LogP contribution in [0.15, 0.2) is 77.7 Å². The number of para-hydroxylation sites is 1. The summed E-state index contributed by atoms with van der Waals surface area (Å²) in [7, 11) is 1.58. The maximum absolute atomic E-state index is 13.5. The number of nitro benzene ring substituents is 1. The van der Waals surface area contributed by atoms with Gasteiger partial charge in [-0.25, -0.2) is 0 Å². The maximum atomic E-state index is 13.5. The summed E-state index contributed by atoms with van der Waals surface area (Å²) in [6, 6.07) is 20.1. The summed E-state index contributed by atoms with van der Waals surface area (Å²) < 4.78 is 5.26. The van der Waals surface area contributed by atoms with Gasteiger partial charge in [0.1, 0.15) is 16.4 Å². The van der Waals surface area contributed by atoms with Crippen molar-refractivity contribution in [2.75, 3.05) is 12.0 Å². The van der Waals surface area contributed by atoms with Gasteiger partial charge in [0.15, 0.2) is 0 Å². The maximum Gasteiger partial charge on any atom is 0.269 e. The number of phenols is 1. The third-order valence-corrected chi connectivity index (χ3v) is 6.65. The minimum Gasteiger partial charge on any atom is -0.507 e. The molecule has 1 unspecified atom stereocenters. The number of rotatable bonds is 5. The lowest BCUT2D eigenvalue weighted by molar-refractivity contribution is -0.384. The van der Waals surface area contributed by atoms with Gasteiger partial charge in [-0.15, -0.1) is 0 Å². The van der Waals surface area contributed by atoms with Crippen LogP contribution >= 0.6 is 11.8 Å². The number of benzene rings is 3. The molecule has 1 aliphatic rings. The zero-order valence-electron chi connectivity index (χ0n) is 17.4. The molecule has 0 aromatic heterocycles. The first kappa shape index (κ1) is 21.5. The number of methoxy groups -OCH3 is 1. The molecule has 1 atom stereocenters. The van der Waals surface area contributed by atoms with Gasteiger partial charge >= 0.3 is 0 Å². The fourth-order valence-electron chi connectivity index (χ4n) is 3.62. The van der Waals surface area contributed by atoms with E-state index in [0.717, 1.165) is 5.56 Å². The Morgan fingerprint density at radius 3 is 2.31 bits per heavy atom. The second-order valence-corrected chi connectivity index (χ2v) is 8.73. The van der Waals surface area contributed by atoms with E-state index in [-0.39, 0.29) is 17.3 Å². The molecule has 1 N–H and O–H groups in total. The van der Waals surface area contributed by atoms with Gasteiger partial charge in [-0.1, -0.05) is 42.1 Å². The van der Waals surface area contributed by atoms with E-state index in [2.05, 4.69) is 0 Å². The minimum atomic E-state index is -0.824. The Bertz CT molecular complexity index is 1210. The van der Waals surface area contributed by atoms with Crippen LogP contribution < -0.4 is 9.64 Å². The summed E-state index contributed by atoms with van der Waals surface area (Å²) in [5.41, 5.74) is 1.87. The number of anilines is 1. The van der Waals surface area contributed by atoms with Crippen molar-refractivity contribution in [3.63, 3.8) is 0 Å². The summed E-state index contributed by atoms with van der Waals surface area (Å²) in [5.74, 6) is 0.511. The molecule has 3 aromatic carbocycles. The van der Waals surface area contributed by atoms with Gasteiger partial charge in [0.05, 0.1) is 16.9 Å². The molecule has 1 aliphatic heterocycles. The first-order chi connectivity index (χ1) is 15.3. The normalized spacial score (nSPS) is 19.4. The number of hydrogen-bond donors (Lipinski definition) is 1. The SMILES string of the molecule is COc1ccc(C2(C)SC(=Cc3ccccc3O)C(=O)N2c2ccc([N+](=O)[O-])cc2)cc1. The summed E-state index contributed by atoms with van der Waals surface area (Å²) in [5, 5.41) is 21.2. The van der Waals surface area contributed by atoms with E-state index in [1.54, 1.807) is 54.5 Å². The van der Waals surface area contributed by atoms with Crippen LogP contribution in [0.3, 0.4) is 0 Å². The van der Waals surface area contributed by atoms with Crippen molar-refractivity contribution in [3.8, 4) is 11.5 Å². The highest BCUT2D eigenvalue weighted by Crippen LogP contribution is 2.53. The number of phenolic OH excluding ortho intramolecular Hbond substituents is 1. The van der Waals surface area contributed by atoms with Crippen LogP contribution in [0.2, 0.25) is 0 Å². The summed E-state index contributed by atoms with van der Waals surface area (Å²) in [4.78, 5) is 25.4. The number of hydrogen-bond acceptors (Lipinski definition) is 6.